The van der Waals surface area contributed by atoms with Crippen LogP contribution in [0.3, 0.4) is 0 Å². The summed E-state index contributed by atoms with van der Waals surface area (Å²) in [4.78, 5) is 12.9. The summed E-state index contributed by atoms with van der Waals surface area (Å²) >= 11 is 7.60. The van der Waals surface area contributed by atoms with Crippen LogP contribution in [0, 0.1) is 0 Å². The number of thioether (sulfide) groups is 1. The molecule has 1 amide bonds. The Morgan fingerprint density at radius 1 is 1.14 bits per heavy atom. The molecule has 0 aliphatic carbocycles. The zero-order valence-electron chi connectivity index (χ0n) is 11.5. The highest BCUT2D eigenvalue weighted by Gasteiger charge is 2.04. The summed E-state index contributed by atoms with van der Waals surface area (Å²) in [5.41, 5.74) is 1.84. The summed E-state index contributed by atoms with van der Waals surface area (Å²) in [6.45, 7) is 4.05. The molecule has 0 fully saturated rings. The van der Waals surface area contributed by atoms with Crippen LogP contribution >= 0.6 is 23.4 Å². The summed E-state index contributed by atoms with van der Waals surface area (Å²) in [6.07, 6.45) is 1.66. The first-order valence-electron chi connectivity index (χ1n) is 6.55. The molecule has 0 aromatic heterocycles. The summed E-state index contributed by atoms with van der Waals surface area (Å²) in [5.74, 6) is 0.780. The third-order valence-electron chi connectivity index (χ3n) is 2.84. The van der Waals surface area contributed by atoms with Gasteiger partial charge in [0.1, 0.15) is 0 Å². The number of carbonyl (C=O) groups is 1. The van der Waals surface area contributed by atoms with E-state index in [-0.39, 0.29) is 5.91 Å². The number of rotatable bonds is 6. The van der Waals surface area contributed by atoms with Gasteiger partial charge in [-0.3, -0.25) is 4.79 Å². The van der Waals surface area contributed by atoms with Crippen molar-refractivity contribution in [3.8, 4) is 0 Å². The maximum Gasteiger partial charge on any atom is 0.251 e. The largest absolute Gasteiger partial charge is 0.349 e. The fourth-order valence-corrected chi connectivity index (χ4v) is 2.70. The first-order chi connectivity index (χ1) is 10.2. The molecule has 0 spiro atoms. The number of amides is 1. The molecule has 0 atom stereocenters. The van der Waals surface area contributed by atoms with Gasteiger partial charge in [-0.1, -0.05) is 29.8 Å². The summed E-state index contributed by atoms with van der Waals surface area (Å²) in [7, 11) is 0. The Hall–Kier alpha value is -1.71. The minimum atomic E-state index is -0.0770. The second-order valence-corrected chi connectivity index (χ2v) is 5.92. The van der Waals surface area contributed by atoms with Crippen molar-refractivity contribution in [2.24, 2.45) is 0 Å². The Bertz CT molecular complexity index is 608. The Kier molecular flexibility index (Phi) is 5.90. The average molecular weight is 318 g/mol. The minimum Gasteiger partial charge on any atom is -0.349 e. The van der Waals surface area contributed by atoms with E-state index in [9.17, 15) is 4.79 Å². The number of nitrogens with one attached hydrogen (secondary N) is 1. The van der Waals surface area contributed by atoms with Crippen LogP contribution in [-0.2, 0) is 5.75 Å². The smallest absolute Gasteiger partial charge is 0.251 e. The van der Waals surface area contributed by atoms with Gasteiger partial charge < -0.3 is 5.32 Å². The van der Waals surface area contributed by atoms with Crippen LogP contribution in [0.5, 0.6) is 0 Å². The lowest BCUT2D eigenvalue weighted by Gasteiger charge is -2.05. The topological polar surface area (TPSA) is 29.1 Å². The molecule has 0 aliphatic heterocycles. The van der Waals surface area contributed by atoms with Gasteiger partial charge in [-0.05, 0) is 42.0 Å². The van der Waals surface area contributed by atoms with Crippen molar-refractivity contribution in [1.82, 2.24) is 5.32 Å². The molecule has 2 nitrogen and oxygen atoms in total. The Morgan fingerprint density at radius 3 is 2.43 bits per heavy atom. The maximum absolute atomic E-state index is 11.7. The fraction of sp³-hybridized carbons (Fsp3) is 0.118. The van der Waals surface area contributed by atoms with Gasteiger partial charge in [0.15, 0.2) is 0 Å². The second kappa shape index (κ2) is 7.91. The van der Waals surface area contributed by atoms with Gasteiger partial charge in [-0.15, -0.1) is 18.3 Å². The third-order valence-corrected chi connectivity index (χ3v) is 4.18. The molecule has 2 rings (SSSR count). The van der Waals surface area contributed by atoms with Gasteiger partial charge in [-0.2, -0.15) is 0 Å². The van der Waals surface area contributed by atoms with Crippen molar-refractivity contribution in [3.05, 3.63) is 77.3 Å². The van der Waals surface area contributed by atoms with Crippen LogP contribution in [0.2, 0.25) is 5.02 Å². The zero-order chi connectivity index (χ0) is 15.1. The predicted octanol–water partition coefficient (Wildman–Crippen LogP) is 4.55. The molecule has 108 valence electrons. The van der Waals surface area contributed by atoms with E-state index < -0.39 is 0 Å². The second-order valence-electron chi connectivity index (χ2n) is 4.44. The van der Waals surface area contributed by atoms with Crippen molar-refractivity contribution < 1.29 is 4.79 Å². The van der Waals surface area contributed by atoms with Gasteiger partial charge in [0, 0.05) is 27.8 Å². The average Bonchev–Trinajstić information content (AvgIpc) is 2.52. The highest BCUT2D eigenvalue weighted by atomic mass is 35.5. The molecule has 0 radical (unpaired) electrons. The Labute approximate surface area is 134 Å². The molecular formula is C17H16ClNOS. The van der Waals surface area contributed by atoms with Gasteiger partial charge in [0.2, 0.25) is 0 Å². The van der Waals surface area contributed by atoms with Crippen LogP contribution in [0.1, 0.15) is 15.9 Å². The molecule has 0 heterocycles. The number of benzene rings is 2. The maximum atomic E-state index is 11.7. The molecule has 0 saturated carbocycles. The lowest BCUT2D eigenvalue weighted by atomic mass is 10.1. The van der Waals surface area contributed by atoms with E-state index in [0.29, 0.717) is 12.1 Å². The first-order valence-corrected chi connectivity index (χ1v) is 7.92. The molecule has 21 heavy (non-hydrogen) atoms. The summed E-state index contributed by atoms with van der Waals surface area (Å²) in [5, 5.41) is 3.50. The standard InChI is InChI=1S/C17H16ClNOS/c1-2-11-19-17(20)14-5-3-13(4-6-14)12-21-16-9-7-15(18)8-10-16/h2-10H,1,11-12H2,(H,19,20). The van der Waals surface area contributed by atoms with E-state index >= 15 is 0 Å². The Morgan fingerprint density at radius 2 is 1.81 bits per heavy atom. The molecule has 0 aliphatic rings. The van der Waals surface area contributed by atoms with Crippen LogP contribution in [0.4, 0.5) is 0 Å². The molecule has 4 heteroatoms. The van der Waals surface area contributed by atoms with E-state index in [0.717, 1.165) is 10.8 Å². The molecule has 0 unspecified atom stereocenters. The highest BCUT2D eigenvalue weighted by Crippen LogP contribution is 2.24. The van der Waals surface area contributed by atoms with Crippen molar-refractivity contribution in [1.29, 1.82) is 0 Å². The monoisotopic (exact) mass is 317 g/mol. The quantitative estimate of drug-likeness (QED) is 0.625. The van der Waals surface area contributed by atoms with Gasteiger partial charge in [0.05, 0.1) is 0 Å². The van der Waals surface area contributed by atoms with Gasteiger partial charge in [0.25, 0.3) is 5.91 Å². The van der Waals surface area contributed by atoms with Gasteiger partial charge in [-0.25, -0.2) is 0 Å². The van der Waals surface area contributed by atoms with Crippen molar-refractivity contribution in [2.45, 2.75) is 10.6 Å². The van der Waals surface area contributed by atoms with Crippen LogP contribution in [-0.4, -0.2) is 12.5 Å². The molecule has 2 aromatic carbocycles. The first kappa shape index (κ1) is 15.7. The SMILES string of the molecule is C=CCNC(=O)c1ccc(CSc2ccc(Cl)cc2)cc1. The van der Waals surface area contributed by atoms with E-state index in [1.807, 2.05) is 48.5 Å². The summed E-state index contributed by atoms with van der Waals surface area (Å²) in [6, 6.07) is 15.4. The van der Waals surface area contributed by atoms with E-state index in [2.05, 4.69) is 11.9 Å². The van der Waals surface area contributed by atoms with E-state index in [1.54, 1.807) is 17.8 Å². The van der Waals surface area contributed by atoms with Crippen LogP contribution in [0.15, 0.2) is 66.1 Å². The van der Waals surface area contributed by atoms with E-state index in [4.69, 9.17) is 11.6 Å². The van der Waals surface area contributed by atoms with Crippen molar-refractivity contribution in [3.63, 3.8) is 0 Å². The number of carbonyl (C=O) groups excluding carboxylic acids is 1. The van der Waals surface area contributed by atoms with Gasteiger partial charge >= 0.3 is 0 Å². The normalized spacial score (nSPS) is 10.1. The minimum absolute atomic E-state index is 0.0770. The number of hydrogen-bond acceptors (Lipinski definition) is 2. The lowest BCUT2D eigenvalue weighted by molar-refractivity contribution is 0.0958. The molecule has 0 bridgehead atoms. The van der Waals surface area contributed by atoms with E-state index in [1.165, 1.54) is 10.5 Å². The highest BCUT2D eigenvalue weighted by molar-refractivity contribution is 7.98. The Balaban J connectivity index is 1.91. The number of hydrogen-bond donors (Lipinski definition) is 1. The molecule has 2 aromatic rings. The zero-order valence-corrected chi connectivity index (χ0v) is 13.1. The molecule has 1 N–H and O–H groups in total. The lowest BCUT2D eigenvalue weighted by Crippen LogP contribution is -2.22. The predicted molar refractivity (Wildman–Crippen MR) is 90.0 cm³/mol. The third kappa shape index (κ3) is 4.96. The number of halogens is 1. The van der Waals surface area contributed by atoms with Crippen LogP contribution in [0.25, 0.3) is 0 Å². The molecular weight excluding hydrogens is 302 g/mol. The van der Waals surface area contributed by atoms with Crippen molar-refractivity contribution >= 4 is 29.3 Å². The van der Waals surface area contributed by atoms with Crippen LogP contribution < -0.4 is 5.32 Å². The molecule has 0 saturated heterocycles. The summed E-state index contributed by atoms with van der Waals surface area (Å²) < 4.78 is 0. The fourth-order valence-electron chi connectivity index (χ4n) is 1.72. The van der Waals surface area contributed by atoms with Crippen molar-refractivity contribution in [2.75, 3.05) is 6.54 Å².